The summed E-state index contributed by atoms with van der Waals surface area (Å²) in [6.07, 6.45) is 2.79. The number of hydrogen-bond donors (Lipinski definition) is 1. The van der Waals surface area contributed by atoms with Gasteiger partial charge in [0.2, 0.25) is 0 Å². The molecule has 2 rings (SSSR count). The SMILES string of the molecule is CCc1[nH]nc2cnc(C)cc12. The van der Waals surface area contributed by atoms with E-state index in [0.29, 0.717) is 0 Å². The van der Waals surface area contributed by atoms with Crippen molar-refractivity contribution < 1.29 is 0 Å². The monoisotopic (exact) mass is 161 g/mol. The molecule has 0 saturated carbocycles. The molecule has 1 N–H and O–H groups in total. The van der Waals surface area contributed by atoms with E-state index < -0.39 is 0 Å². The van der Waals surface area contributed by atoms with Crippen molar-refractivity contribution in [3.63, 3.8) is 0 Å². The minimum absolute atomic E-state index is 0.956. The Morgan fingerprint density at radius 3 is 3.08 bits per heavy atom. The highest BCUT2D eigenvalue weighted by molar-refractivity contribution is 5.80. The van der Waals surface area contributed by atoms with Crippen molar-refractivity contribution in [3.05, 3.63) is 23.7 Å². The molecule has 0 aromatic carbocycles. The summed E-state index contributed by atoms with van der Waals surface area (Å²) in [4.78, 5) is 4.17. The number of nitrogens with one attached hydrogen (secondary N) is 1. The zero-order chi connectivity index (χ0) is 8.55. The third kappa shape index (κ3) is 0.978. The standard InChI is InChI=1S/C9H11N3/c1-3-8-7-4-6(2)10-5-9(7)12-11-8/h4-5H,3H2,1-2H3,(H,11,12). The molecule has 0 radical (unpaired) electrons. The van der Waals surface area contributed by atoms with Gasteiger partial charge in [-0.15, -0.1) is 0 Å². The Labute approximate surface area is 70.8 Å². The Morgan fingerprint density at radius 2 is 2.33 bits per heavy atom. The molecule has 3 nitrogen and oxygen atoms in total. The van der Waals surface area contributed by atoms with Crippen molar-refractivity contribution in [1.29, 1.82) is 0 Å². The summed E-state index contributed by atoms with van der Waals surface area (Å²) in [6.45, 7) is 4.11. The maximum atomic E-state index is 4.17. The zero-order valence-corrected chi connectivity index (χ0v) is 7.26. The molecule has 2 aromatic heterocycles. The van der Waals surface area contributed by atoms with Crippen LogP contribution in [0.5, 0.6) is 0 Å². The van der Waals surface area contributed by atoms with Crippen molar-refractivity contribution in [3.8, 4) is 0 Å². The summed E-state index contributed by atoms with van der Waals surface area (Å²) >= 11 is 0. The van der Waals surface area contributed by atoms with E-state index in [0.717, 1.165) is 17.6 Å². The lowest BCUT2D eigenvalue weighted by Crippen LogP contribution is -1.81. The van der Waals surface area contributed by atoms with Crippen LogP contribution in [0.4, 0.5) is 0 Å². The van der Waals surface area contributed by atoms with Crippen molar-refractivity contribution in [2.75, 3.05) is 0 Å². The van der Waals surface area contributed by atoms with Gasteiger partial charge in [0, 0.05) is 16.8 Å². The molecule has 0 aliphatic rings. The van der Waals surface area contributed by atoms with E-state index in [1.165, 1.54) is 11.1 Å². The van der Waals surface area contributed by atoms with Gasteiger partial charge in [-0.25, -0.2) is 0 Å². The number of fused-ring (bicyclic) bond motifs is 1. The molecule has 0 atom stereocenters. The Balaban J connectivity index is 2.75. The number of nitrogens with zero attached hydrogens (tertiary/aromatic N) is 2. The van der Waals surface area contributed by atoms with Gasteiger partial charge in [-0.2, -0.15) is 5.10 Å². The fourth-order valence-corrected chi connectivity index (χ4v) is 1.34. The third-order valence-corrected chi connectivity index (χ3v) is 2.01. The first-order valence-corrected chi connectivity index (χ1v) is 4.11. The summed E-state index contributed by atoms with van der Waals surface area (Å²) in [5.74, 6) is 0. The Kier molecular flexibility index (Phi) is 1.57. The number of aromatic nitrogens is 3. The summed E-state index contributed by atoms with van der Waals surface area (Å²) < 4.78 is 0. The van der Waals surface area contributed by atoms with Crippen molar-refractivity contribution in [1.82, 2.24) is 15.2 Å². The first kappa shape index (κ1) is 7.28. The first-order chi connectivity index (χ1) is 5.81. The second-order valence-electron chi connectivity index (χ2n) is 2.90. The van der Waals surface area contributed by atoms with E-state index in [9.17, 15) is 0 Å². The minimum Gasteiger partial charge on any atom is -0.281 e. The molecule has 0 bridgehead atoms. The van der Waals surface area contributed by atoms with Crippen LogP contribution in [0, 0.1) is 6.92 Å². The van der Waals surface area contributed by atoms with Gasteiger partial charge in [-0.05, 0) is 19.4 Å². The van der Waals surface area contributed by atoms with Crippen molar-refractivity contribution >= 4 is 10.9 Å². The normalized spacial score (nSPS) is 10.8. The van der Waals surface area contributed by atoms with Crippen LogP contribution in [-0.4, -0.2) is 15.2 Å². The number of aromatic amines is 1. The molecule has 12 heavy (non-hydrogen) atoms. The Bertz CT molecular complexity index is 403. The van der Waals surface area contributed by atoms with Gasteiger partial charge in [-0.1, -0.05) is 6.92 Å². The fraction of sp³-hybridized carbons (Fsp3) is 0.333. The smallest absolute Gasteiger partial charge is 0.111 e. The summed E-state index contributed by atoms with van der Waals surface area (Å²) in [7, 11) is 0. The second-order valence-corrected chi connectivity index (χ2v) is 2.90. The molecule has 62 valence electrons. The van der Waals surface area contributed by atoms with Crippen LogP contribution in [0.3, 0.4) is 0 Å². The van der Waals surface area contributed by atoms with E-state index in [4.69, 9.17) is 0 Å². The third-order valence-electron chi connectivity index (χ3n) is 2.01. The highest BCUT2D eigenvalue weighted by Gasteiger charge is 2.02. The predicted octanol–water partition coefficient (Wildman–Crippen LogP) is 1.83. The Hall–Kier alpha value is -1.38. The molecule has 0 aliphatic carbocycles. The average Bonchev–Trinajstić information content (AvgIpc) is 2.46. The van der Waals surface area contributed by atoms with E-state index in [1.54, 1.807) is 6.20 Å². The van der Waals surface area contributed by atoms with Gasteiger partial charge in [0.15, 0.2) is 0 Å². The van der Waals surface area contributed by atoms with Crippen LogP contribution in [-0.2, 0) is 6.42 Å². The molecule has 0 aliphatic heterocycles. The van der Waals surface area contributed by atoms with E-state index in [-0.39, 0.29) is 0 Å². The number of aryl methyl sites for hydroxylation is 2. The van der Waals surface area contributed by atoms with Gasteiger partial charge in [0.1, 0.15) is 5.52 Å². The van der Waals surface area contributed by atoms with Gasteiger partial charge in [-0.3, -0.25) is 10.1 Å². The van der Waals surface area contributed by atoms with Crippen LogP contribution < -0.4 is 0 Å². The molecule has 0 unspecified atom stereocenters. The van der Waals surface area contributed by atoms with Crippen molar-refractivity contribution in [2.24, 2.45) is 0 Å². The van der Waals surface area contributed by atoms with Crippen LogP contribution in [0.1, 0.15) is 18.3 Å². The quantitative estimate of drug-likeness (QED) is 0.693. The predicted molar refractivity (Wildman–Crippen MR) is 48.0 cm³/mol. The second kappa shape index (κ2) is 2.59. The molecule has 3 heteroatoms. The number of H-pyrrole nitrogens is 1. The molecule has 0 amide bonds. The number of hydrogen-bond acceptors (Lipinski definition) is 2. The molecule has 0 spiro atoms. The van der Waals surface area contributed by atoms with Crippen molar-refractivity contribution in [2.45, 2.75) is 20.3 Å². The Morgan fingerprint density at radius 1 is 1.50 bits per heavy atom. The topological polar surface area (TPSA) is 41.6 Å². The largest absolute Gasteiger partial charge is 0.281 e. The molecule has 0 saturated heterocycles. The summed E-state index contributed by atoms with van der Waals surface area (Å²) in [6, 6.07) is 2.07. The lowest BCUT2D eigenvalue weighted by Gasteiger charge is -1.92. The van der Waals surface area contributed by atoms with Gasteiger partial charge in [0.25, 0.3) is 0 Å². The summed E-state index contributed by atoms with van der Waals surface area (Å²) in [5.41, 5.74) is 3.19. The van der Waals surface area contributed by atoms with E-state index in [2.05, 4.69) is 28.2 Å². The van der Waals surface area contributed by atoms with E-state index in [1.807, 2.05) is 6.92 Å². The zero-order valence-electron chi connectivity index (χ0n) is 7.26. The van der Waals surface area contributed by atoms with Crippen LogP contribution in [0.15, 0.2) is 12.3 Å². The van der Waals surface area contributed by atoms with Gasteiger partial charge in [0.05, 0.1) is 6.20 Å². The summed E-state index contributed by atoms with van der Waals surface area (Å²) in [5, 5.41) is 8.34. The average molecular weight is 161 g/mol. The highest BCUT2D eigenvalue weighted by atomic mass is 15.1. The lowest BCUT2D eigenvalue weighted by molar-refractivity contribution is 0.988. The molecule has 2 heterocycles. The number of pyridine rings is 1. The molecular weight excluding hydrogens is 150 g/mol. The maximum absolute atomic E-state index is 4.17. The molecular formula is C9H11N3. The molecule has 2 aromatic rings. The van der Waals surface area contributed by atoms with Crippen LogP contribution >= 0.6 is 0 Å². The van der Waals surface area contributed by atoms with Crippen LogP contribution in [0.2, 0.25) is 0 Å². The van der Waals surface area contributed by atoms with Gasteiger partial charge >= 0.3 is 0 Å². The maximum Gasteiger partial charge on any atom is 0.111 e. The first-order valence-electron chi connectivity index (χ1n) is 4.11. The number of rotatable bonds is 1. The fourth-order valence-electron chi connectivity index (χ4n) is 1.34. The highest BCUT2D eigenvalue weighted by Crippen LogP contribution is 2.15. The van der Waals surface area contributed by atoms with Crippen LogP contribution in [0.25, 0.3) is 10.9 Å². The lowest BCUT2D eigenvalue weighted by atomic mass is 10.2. The van der Waals surface area contributed by atoms with Gasteiger partial charge < -0.3 is 0 Å². The van der Waals surface area contributed by atoms with E-state index >= 15 is 0 Å². The molecule has 0 fully saturated rings. The minimum atomic E-state index is 0.956.